The van der Waals surface area contributed by atoms with Crippen LogP contribution in [0.1, 0.15) is 19.3 Å². The Morgan fingerprint density at radius 1 is 1.27 bits per heavy atom. The molecule has 2 saturated heterocycles. The zero-order valence-electron chi connectivity index (χ0n) is 13.1. The molecule has 1 N–H and O–H groups in total. The molecule has 120 valence electrons. The highest BCUT2D eigenvalue weighted by atomic mass is 16.5. The van der Waals surface area contributed by atoms with Crippen LogP contribution < -0.4 is 15.0 Å². The zero-order valence-corrected chi connectivity index (χ0v) is 13.1. The van der Waals surface area contributed by atoms with Crippen molar-refractivity contribution in [1.29, 1.82) is 0 Å². The van der Waals surface area contributed by atoms with E-state index in [-0.39, 0.29) is 0 Å². The molecule has 1 aromatic rings. The predicted octanol–water partition coefficient (Wildman–Crippen LogP) is 1.69. The molecule has 5 heteroatoms. The highest BCUT2D eigenvalue weighted by molar-refractivity contribution is 5.40. The minimum atomic E-state index is 0.576. The second kappa shape index (κ2) is 6.05. The van der Waals surface area contributed by atoms with Crippen molar-refractivity contribution in [3.05, 3.63) is 18.2 Å². The molecule has 3 heterocycles. The van der Waals surface area contributed by atoms with Gasteiger partial charge in [0.1, 0.15) is 5.82 Å². The van der Waals surface area contributed by atoms with Gasteiger partial charge < -0.3 is 19.7 Å². The van der Waals surface area contributed by atoms with Crippen LogP contribution in [0.15, 0.2) is 18.2 Å². The Kier molecular flexibility index (Phi) is 3.92. The van der Waals surface area contributed by atoms with Gasteiger partial charge in [-0.05, 0) is 49.8 Å². The van der Waals surface area contributed by atoms with E-state index in [2.05, 4.69) is 21.3 Å². The van der Waals surface area contributed by atoms with Crippen LogP contribution >= 0.6 is 0 Å². The average molecular weight is 303 g/mol. The minimum absolute atomic E-state index is 0.576. The van der Waals surface area contributed by atoms with E-state index in [0.29, 0.717) is 5.41 Å². The fourth-order valence-corrected chi connectivity index (χ4v) is 3.84. The van der Waals surface area contributed by atoms with Crippen LogP contribution in [0.4, 0.5) is 5.82 Å². The van der Waals surface area contributed by atoms with Crippen molar-refractivity contribution >= 4 is 5.82 Å². The van der Waals surface area contributed by atoms with E-state index in [4.69, 9.17) is 9.47 Å². The van der Waals surface area contributed by atoms with Crippen LogP contribution in [-0.2, 0) is 4.74 Å². The van der Waals surface area contributed by atoms with Gasteiger partial charge in [-0.2, -0.15) is 4.98 Å². The molecule has 5 nitrogen and oxygen atoms in total. The largest absolute Gasteiger partial charge is 0.477 e. The highest BCUT2D eigenvalue weighted by Crippen LogP contribution is 2.58. The van der Waals surface area contributed by atoms with Gasteiger partial charge in [-0.1, -0.05) is 6.07 Å². The summed E-state index contributed by atoms with van der Waals surface area (Å²) in [5.74, 6) is 2.50. The summed E-state index contributed by atoms with van der Waals surface area (Å²) in [5.41, 5.74) is 0.576. The summed E-state index contributed by atoms with van der Waals surface area (Å²) >= 11 is 0. The lowest BCUT2D eigenvalue weighted by Gasteiger charge is -2.28. The van der Waals surface area contributed by atoms with Gasteiger partial charge in [-0.25, -0.2) is 0 Å². The summed E-state index contributed by atoms with van der Waals surface area (Å²) in [6.07, 6.45) is 3.95. The topological polar surface area (TPSA) is 46.6 Å². The van der Waals surface area contributed by atoms with Gasteiger partial charge in [-0.3, -0.25) is 0 Å². The van der Waals surface area contributed by atoms with Gasteiger partial charge in [0.05, 0.1) is 19.8 Å². The van der Waals surface area contributed by atoms with Gasteiger partial charge in [0, 0.05) is 19.2 Å². The Morgan fingerprint density at radius 2 is 2.09 bits per heavy atom. The van der Waals surface area contributed by atoms with Crippen molar-refractivity contribution in [2.45, 2.75) is 19.3 Å². The van der Waals surface area contributed by atoms with Crippen molar-refractivity contribution in [3.63, 3.8) is 0 Å². The van der Waals surface area contributed by atoms with Crippen molar-refractivity contribution in [1.82, 2.24) is 10.3 Å². The molecule has 22 heavy (non-hydrogen) atoms. The number of hydrogen-bond donors (Lipinski definition) is 1. The van der Waals surface area contributed by atoms with E-state index in [1.807, 2.05) is 12.1 Å². The molecule has 0 aromatic carbocycles. The maximum absolute atomic E-state index is 6.00. The number of nitrogens with zero attached hydrogens (tertiary/aromatic N) is 2. The molecule has 2 aliphatic heterocycles. The summed E-state index contributed by atoms with van der Waals surface area (Å²) in [6.45, 7) is 6.54. The predicted molar refractivity (Wildman–Crippen MR) is 85.4 cm³/mol. The molecule has 0 amide bonds. The van der Waals surface area contributed by atoms with Crippen LogP contribution in [-0.4, -0.2) is 51.0 Å². The fraction of sp³-hybridized carbons (Fsp3) is 0.706. The minimum Gasteiger partial charge on any atom is -0.477 e. The smallest absolute Gasteiger partial charge is 0.215 e. The summed E-state index contributed by atoms with van der Waals surface area (Å²) in [7, 11) is 0. The normalized spacial score (nSPS) is 26.9. The van der Waals surface area contributed by atoms with Crippen molar-refractivity contribution in [3.8, 4) is 5.88 Å². The zero-order chi connectivity index (χ0) is 14.8. The van der Waals surface area contributed by atoms with E-state index >= 15 is 0 Å². The molecule has 3 aliphatic rings. The lowest BCUT2D eigenvalue weighted by Crippen LogP contribution is -2.36. The first-order valence-corrected chi connectivity index (χ1v) is 8.49. The van der Waals surface area contributed by atoms with Gasteiger partial charge in [0.2, 0.25) is 5.88 Å². The molecule has 1 aliphatic carbocycles. The van der Waals surface area contributed by atoms with E-state index in [1.54, 1.807) is 0 Å². The Hall–Kier alpha value is -1.33. The number of hydrogen-bond acceptors (Lipinski definition) is 5. The van der Waals surface area contributed by atoms with Crippen molar-refractivity contribution in [2.24, 2.45) is 11.3 Å². The second-order valence-electron chi connectivity index (χ2n) is 6.76. The van der Waals surface area contributed by atoms with Crippen LogP contribution in [0, 0.1) is 11.3 Å². The van der Waals surface area contributed by atoms with E-state index in [9.17, 15) is 0 Å². The number of morpholine rings is 1. The maximum atomic E-state index is 6.00. The highest BCUT2D eigenvalue weighted by Gasteiger charge is 2.54. The fourth-order valence-electron chi connectivity index (χ4n) is 3.84. The lowest BCUT2D eigenvalue weighted by molar-refractivity contribution is 0.122. The molecular weight excluding hydrogens is 278 g/mol. The van der Waals surface area contributed by atoms with E-state index < -0.39 is 0 Å². The van der Waals surface area contributed by atoms with Gasteiger partial charge in [-0.15, -0.1) is 0 Å². The third-order valence-electron chi connectivity index (χ3n) is 5.43. The number of nitrogens with one attached hydrogen (secondary N) is 1. The second-order valence-corrected chi connectivity index (χ2v) is 6.76. The van der Waals surface area contributed by atoms with Gasteiger partial charge in [0.25, 0.3) is 0 Å². The average Bonchev–Trinajstić information content (AvgIpc) is 3.26. The number of anilines is 1. The lowest BCUT2D eigenvalue weighted by atomic mass is 9.92. The van der Waals surface area contributed by atoms with Crippen molar-refractivity contribution in [2.75, 3.05) is 50.9 Å². The van der Waals surface area contributed by atoms with Crippen LogP contribution in [0.3, 0.4) is 0 Å². The molecule has 3 fully saturated rings. The maximum Gasteiger partial charge on any atom is 0.215 e. The van der Waals surface area contributed by atoms with Gasteiger partial charge in [0.15, 0.2) is 0 Å². The molecule has 0 bridgehead atoms. The molecule has 0 unspecified atom stereocenters. The SMILES string of the molecule is c1cc(OC[C@@H]2CC23CCNCC3)nc(N2CCOCC2)c1. The molecule has 1 aromatic heterocycles. The molecule has 1 atom stereocenters. The summed E-state index contributed by atoms with van der Waals surface area (Å²) in [4.78, 5) is 6.93. The Morgan fingerprint density at radius 3 is 2.91 bits per heavy atom. The summed E-state index contributed by atoms with van der Waals surface area (Å²) in [6, 6.07) is 6.07. The van der Waals surface area contributed by atoms with Gasteiger partial charge >= 0.3 is 0 Å². The monoisotopic (exact) mass is 303 g/mol. The number of pyridine rings is 1. The quantitative estimate of drug-likeness (QED) is 0.917. The number of aromatic nitrogens is 1. The molecule has 1 spiro atoms. The first-order valence-electron chi connectivity index (χ1n) is 8.49. The summed E-state index contributed by atoms with van der Waals surface area (Å²) in [5, 5.41) is 3.45. The first-order chi connectivity index (χ1) is 10.9. The standard InChI is InChI=1S/C17H25N3O2/c1-2-15(20-8-10-21-11-9-20)19-16(3-1)22-13-14-12-17(14)4-6-18-7-5-17/h1-3,14,18H,4-13H2/t14-/m0/s1. The third-order valence-corrected chi connectivity index (χ3v) is 5.43. The van der Waals surface area contributed by atoms with Crippen LogP contribution in [0.25, 0.3) is 0 Å². The van der Waals surface area contributed by atoms with Crippen LogP contribution in [0.5, 0.6) is 5.88 Å². The number of piperidine rings is 1. The summed E-state index contributed by atoms with van der Waals surface area (Å²) < 4.78 is 11.4. The molecule has 0 radical (unpaired) electrons. The van der Waals surface area contributed by atoms with Crippen molar-refractivity contribution < 1.29 is 9.47 Å². The molecular formula is C17H25N3O2. The van der Waals surface area contributed by atoms with Crippen LogP contribution in [0.2, 0.25) is 0 Å². The van der Waals surface area contributed by atoms with E-state index in [1.165, 1.54) is 32.4 Å². The molecule has 4 rings (SSSR count). The Labute approximate surface area is 132 Å². The third kappa shape index (κ3) is 2.92. The van der Waals surface area contributed by atoms with E-state index in [0.717, 1.165) is 50.5 Å². The Balaban J connectivity index is 1.33. The number of rotatable bonds is 4. The number of ether oxygens (including phenoxy) is 2. The first kappa shape index (κ1) is 14.3. The molecule has 1 saturated carbocycles. The Bertz CT molecular complexity index is 510.